The van der Waals surface area contributed by atoms with Gasteiger partial charge in [0.25, 0.3) is 0 Å². The summed E-state index contributed by atoms with van der Waals surface area (Å²) in [6.07, 6.45) is 3.85. The Morgan fingerprint density at radius 1 is 1.50 bits per heavy atom. The van der Waals surface area contributed by atoms with Crippen LogP contribution in [0.15, 0.2) is 0 Å². The first-order valence-corrected chi connectivity index (χ1v) is 5.59. The molecule has 1 amide bonds. The molecule has 0 spiro atoms. The smallest absolute Gasteiger partial charge is 0.240 e. The minimum atomic E-state index is -0.554. The number of hydrogen-bond acceptors (Lipinski definition) is 2. The second-order valence-corrected chi connectivity index (χ2v) is 4.66. The molecule has 0 saturated heterocycles. The van der Waals surface area contributed by atoms with Crippen LogP contribution in [0, 0.1) is 5.92 Å². The minimum absolute atomic E-state index is 0.0385. The zero-order valence-electron chi connectivity index (χ0n) is 9.47. The molecule has 3 nitrogen and oxygen atoms in total. The monoisotopic (exact) mass is 198 g/mol. The molecule has 14 heavy (non-hydrogen) atoms. The molecular weight excluding hydrogens is 176 g/mol. The maximum Gasteiger partial charge on any atom is 0.240 e. The fourth-order valence-corrected chi connectivity index (χ4v) is 1.63. The topological polar surface area (TPSA) is 55.1 Å². The van der Waals surface area contributed by atoms with Crippen LogP contribution in [0.5, 0.6) is 0 Å². The summed E-state index contributed by atoms with van der Waals surface area (Å²) in [5.41, 5.74) is 5.37. The zero-order chi connectivity index (χ0) is 10.8. The highest BCUT2D eigenvalue weighted by molar-refractivity contribution is 5.87. The predicted octanol–water partition coefficient (Wildman–Crippen LogP) is 1.42. The van der Waals surface area contributed by atoms with E-state index in [9.17, 15) is 4.79 Å². The Labute approximate surface area is 86.4 Å². The van der Waals surface area contributed by atoms with E-state index in [0.717, 1.165) is 25.7 Å². The lowest BCUT2D eigenvalue weighted by atomic mass is 9.77. The second-order valence-electron chi connectivity index (χ2n) is 4.66. The van der Waals surface area contributed by atoms with Crippen molar-refractivity contribution < 1.29 is 4.79 Å². The lowest BCUT2D eigenvalue weighted by molar-refractivity contribution is -0.130. The summed E-state index contributed by atoms with van der Waals surface area (Å²) in [6, 6.07) is 0.230. The number of rotatable bonds is 4. The van der Waals surface area contributed by atoms with E-state index in [4.69, 9.17) is 5.73 Å². The maximum absolute atomic E-state index is 11.7. The fraction of sp³-hybridized carbons (Fsp3) is 0.909. The van der Waals surface area contributed by atoms with Crippen LogP contribution >= 0.6 is 0 Å². The molecule has 82 valence electrons. The Kier molecular flexibility index (Phi) is 3.53. The van der Waals surface area contributed by atoms with E-state index < -0.39 is 5.54 Å². The molecule has 2 unspecified atom stereocenters. The molecule has 0 bridgehead atoms. The van der Waals surface area contributed by atoms with Crippen molar-refractivity contribution in [1.29, 1.82) is 0 Å². The van der Waals surface area contributed by atoms with E-state index >= 15 is 0 Å². The van der Waals surface area contributed by atoms with E-state index in [1.807, 2.05) is 6.92 Å². The third-order valence-corrected chi connectivity index (χ3v) is 3.55. The van der Waals surface area contributed by atoms with Crippen molar-refractivity contribution in [2.45, 2.75) is 58.0 Å². The largest absolute Gasteiger partial charge is 0.352 e. The Balaban J connectivity index is 2.40. The van der Waals surface area contributed by atoms with Crippen molar-refractivity contribution in [2.75, 3.05) is 0 Å². The molecule has 1 rings (SSSR count). The van der Waals surface area contributed by atoms with Gasteiger partial charge in [-0.1, -0.05) is 20.3 Å². The van der Waals surface area contributed by atoms with Gasteiger partial charge in [-0.2, -0.15) is 0 Å². The van der Waals surface area contributed by atoms with Gasteiger partial charge in [0.05, 0.1) is 5.54 Å². The van der Waals surface area contributed by atoms with Crippen LogP contribution in [0.25, 0.3) is 0 Å². The fourth-order valence-electron chi connectivity index (χ4n) is 1.63. The highest BCUT2D eigenvalue weighted by Crippen LogP contribution is 2.29. The highest BCUT2D eigenvalue weighted by atomic mass is 16.2. The summed E-state index contributed by atoms with van der Waals surface area (Å²) < 4.78 is 0. The Morgan fingerprint density at radius 2 is 2.07 bits per heavy atom. The molecular formula is C11H22N2O. The number of amides is 1. The Bertz CT molecular complexity index is 211. The van der Waals surface area contributed by atoms with Gasteiger partial charge in [0.2, 0.25) is 5.91 Å². The second kappa shape index (κ2) is 4.30. The lowest BCUT2D eigenvalue weighted by Crippen LogP contribution is -2.60. The molecule has 0 aliphatic heterocycles. The lowest BCUT2D eigenvalue weighted by Gasteiger charge is -2.37. The predicted molar refractivity (Wildman–Crippen MR) is 57.8 cm³/mol. The van der Waals surface area contributed by atoms with Crippen molar-refractivity contribution in [3.05, 3.63) is 0 Å². The van der Waals surface area contributed by atoms with Crippen LogP contribution in [-0.2, 0) is 4.79 Å². The molecule has 1 fully saturated rings. The van der Waals surface area contributed by atoms with Gasteiger partial charge >= 0.3 is 0 Å². The number of carbonyl (C=O) groups is 1. The molecule has 3 heteroatoms. The summed E-state index contributed by atoms with van der Waals surface area (Å²) in [5, 5.41) is 3.01. The van der Waals surface area contributed by atoms with Crippen molar-refractivity contribution in [2.24, 2.45) is 11.7 Å². The van der Waals surface area contributed by atoms with Gasteiger partial charge in [0.1, 0.15) is 0 Å². The minimum Gasteiger partial charge on any atom is -0.352 e. The van der Waals surface area contributed by atoms with E-state index in [1.54, 1.807) is 0 Å². The average molecular weight is 198 g/mol. The van der Waals surface area contributed by atoms with E-state index in [0.29, 0.717) is 5.92 Å². The third-order valence-electron chi connectivity index (χ3n) is 3.55. The molecule has 0 radical (unpaired) electrons. The van der Waals surface area contributed by atoms with Crippen LogP contribution in [0.1, 0.15) is 46.5 Å². The van der Waals surface area contributed by atoms with Gasteiger partial charge in [-0.25, -0.2) is 0 Å². The van der Waals surface area contributed by atoms with Gasteiger partial charge in [-0.05, 0) is 32.1 Å². The summed E-state index contributed by atoms with van der Waals surface area (Å²) >= 11 is 0. The summed E-state index contributed by atoms with van der Waals surface area (Å²) in [5.74, 6) is 0.555. The first-order chi connectivity index (χ1) is 6.49. The first-order valence-electron chi connectivity index (χ1n) is 5.59. The SMILES string of the molecule is CCC(C)C(C)NC(=O)C1(N)CCC1. The maximum atomic E-state index is 11.7. The molecule has 0 aromatic carbocycles. The molecule has 1 aliphatic carbocycles. The van der Waals surface area contributed by atoms with Crippen LogP contribution in [0.3, 0.4) is 0 Å². The average Bonchev–Trinajstić information content (AvgIpc) is 2.12. The molecule has 2 atom stereocenters. The molecule has 0 aromatic heterocycles. The number of nitrogens with one attached hydrogen (secondary N) is 1. The summed E-state index contributed by atoms with van der Waals surface area (Å²) in [6.45, 7) is 6.33. The van der Waals surface area contributed by atoms with E-state index in [2.05, 4.69) is 19.2 Å². The Hall–Kier alpha value is -0.570. The van der Waals surface area contributed by atoms with Crippen molar-refractivity contribution in [3.63, 3.8) is 0 Å². The molecule has 3 N–H and O–H groups in total. The molecule has 1 aliphatic rings. The third kappa shape index (κ3) is 2.27. The molecule has 0 heterocycles. The van der Waals surface area contributed by atoms with Crippen molar-refractivity contribution in [3.8, 4) is 0 Å². The molecule has 1 saturated carbocycles. The first kappa shape index (κ1) is 11.5. The molecule has 0 aromatic rings. The van der Waals surface area contributed by atoms with Crippen LogP contribution in [0.4, 0.5) is 0 Å². The van der Waals surface area contributed by atoms with Gasteiger partial charge in [-0.15, -0.1) is 0 Å². The zero-order valence-corrected chi connectivity index (χ0v) is 9.47. The summed E-state index contributed by atoms with van der Waals surface area (Å²) in [7, 11) is 0. The van der Waals surface area contributed by atoms with E-state index in [1.165, 1.54) is 0 Å². The van der Waals surface area contributed by atoms with Gasteiger partial charge in [-0.3, -0.25) is 4.79 Å². The Morgan fingerprint density at radius 3 is 2.43 bits per heavy atom. The van der Waals surface area contributed by atoms with Gasteiger partial charge < -0.3 is 11.1 Å². The highest BCUT2D eigenvalue weighted by Gasteiger charge is 2.40. The van der Waals surface area contributed by atoms with Crippen LogP contribution < -0.4 is 11.1 Å². The van der Waals surface area contributed by atoms with Gasteiger partial charge in [0, 0.05) is 6.04 Å². The number of hydrogen-bond donors (Lipinski definition) is 2. The van der Waals surface area contributed by atoms with Crippen molar-refractivity contribution >= 4 is 5.91 Å². The standard InChI is InChI=1S/C11H22N2O/c1-4-8(2)9(3)13-10(14)11(12)6-5-7-11/h8-9H,4-7,12H2,1-3H3,(H,13,14). The van der Waals surface area contributed by atoms with E-state index in [-0.39, 0.29) is 11.9 Å². The number of carbonyl (C=O) groups excluding carboxylic acids is 1. The van der Waals surface area contributed by atoms with Crippen molar-refractivity contribution in [1.82, 2.24) is 5.32 Å². The quantitative estimate of drug-likeness (QED) is 0.717. The van der Waals surface area contributed by atoms with Gasteiger partial charge in [0.15, 0.2) is 0 Å². The number of nitrogens with two attached hydrogens (primary N) is 1. The van der Waals surface area contributed by atoms with Crippen LogP contribution in [0.2, 0.25) is 0 Å². The summed E-state index contributed by atoms with van der Waals surface area (Å²) in [4.78, 5) is 11.7. The van der Waals surface area contributed by atoms with Crippen LogP contribution in [-0.4, -0.2) is 17.5 Å². The normalized spacial score (nSPS) is 23.4.